The van der Waals surface area contributed by atoms with Gasteiger partial charge in [0, 0.05) is 12.7 Å². The van der Waals surface area contributed by atoms with E-state index in [2.05, 4.69) is 15.2 Å². The molecule has 0 aliphatic rings. The second-order valence-electron chi connectivity index (χ2n) is 3.36. The van der Waals surface area contributed by atoms with Gasteiger partial charge in [-0.15, -0.1) is 0 Å². The molecule has 2 aromatic rings. The van der Waals surface area contributed by atoms with Crippen molar-refractivity contribution >= 4 is 11.6 Å². The number of hydrogen-bond acceptors (Lipinski definition) is 4. The highest BCUT2D eigenvalue weighted by Gasteiger charge is 2.16. The van der Waals surface area contributed by atoms with E-state index >= 15 is 0 Å². The number of nitriles is 1. The van der Waals surface area contributed by atoms with Gasteiger partial charge in [-0.25, -0.2) is 4.98 Å². The molecule has 0 spiro atoms. The molecule has 1 aromatic carbocycles. The SMILES string of the molecule is CN(C(=O)c1ncn[nH]1)c1cccc(C#N)c1. The van der Waals surface area contributed by atoms with Crippen LogP contribution in [0.5, 0.6) is 0 Å². The van der Waals surface area contributed by atoms with Crippen LogP contribution >= 0.6 is 0 Å². The lowest BCUT2D eigenvalue weighted by atomic mass is 10.2. The largest absolute Gasteiger partial charge is 0.309 e. The molecule has 6 heteroatoms. The standard InChI is InChI=1S/C11H9N5O/c1-16(11(17)10-13-7-14-15-10)9-4-2-3-8(5-9)6-12/h2-5,7H,1H3,(H,13,14,15). The third-order valence-electron chi connectivity index (χ3n) is 2.28. The first-order chi connectivity index (χ1) is 8.22. The molecule has 0 saturated carbocycles. The third kappa shape index (κ3) is 2.13. The summed E-state index contributed by atoms with van der Waals surface area (Å²) in [4.78, 5) is 17.1. The van der Waals surface area contributed by atoms with E-state index < -0.39 is 0 Å². The molecule has 1 aromatic heterocycles. The van der Waals surface area contributed by atoms with E-state index in [4.69, 9.17) is 5.26 Å². The molecule has 17 heavy (non-hydrogen) atoms. The number of hydrogen-bond donors (Lipinski definition) is 1. The van der Waals surface area contributed by atoms with Crippen LogP contribution in [0.3, 0.4) is 0 Å². The molecular formula is C11H9N5O. The van der Waals surface area contributed by atoms with Gasteiger partial charge in [0.05, 0.1) is 11.6 Å². The number of nitrogens with one attached hydrogen (secondary N) is 1. The lowest BCUT2D eigenvalue weighted by molar-refractivity contribution is 0.0983. The Morgan fingerprint density at radius 1 is 1.53 bits per heavy atom. The predicted octanol–water partition coefficient (Wildman–Crippen LogP) is 0.953. The van der Waals surface area contributed by atoms with Crippen LogP contribution in [0, 0.1) is 11.3 Å². The summed E-state index contributed by atoms with van der Waals surface area (Å²) in [5.74, 6) is -0.146. The van der Waals surface area contributed by atoms with Crippen molar-refractivity contribution in [3.63, 3.8) is 0 Å². The number of carbonyl (C=O) groups is 1. The molecule has 2 rings (SSSR count). The fourth-order valence-electron chi connectivity index (χ4n) is 1.37. The first-order valence-corrected chi connectivity index (χ1v) is 4.86. The summed E-state index contributed by atoms with van der Waals surface area (Å²) in [7, 11) is 1.61. The smallest absolute Gasteiger partial charge is 0.295 e. The van der Waals surface area contributed by atoms with Gasteiger partial charge in [0.2, 0.25) is 5.82 Å². The fourth-order valence-corrected chi connectivity index (χ4v) is 1.37. The van der Waals surface area contributed by atoms with Gasteiger partial charge >= 0.3 is 0 Å². The normalized spacial score (nSPS) is 9.65. The van der Waals surface area contributed by atoms with E-state index in [9.17, 15) is 4.79 Å². The van der Waals surface area contributed by atoms with Gasteiger partial charge in [-0.05, 0) is 18.2 Å². The maximum Gasteiger partial charge on any atom is 0.295 e. The number of rotatable bonds is 2. The van der Waals surface area contributed by atoms with Crippen LogP contribution in [0.25, 0.3) is 0 Å². The lowest BCUT2D eigenvalue weighted by Crippen LogP contribution is -2.27. The summed E-state index contributed by atoms with van der Waals surface area (Å²) < 4.78 is 0. The minimum Gasteiger partial charge on any atom is -0.309 e. The number of benzene rings is 1. The zero-order valence-electron chi connectivity index (χ0n) is 9.08. The van der Waals surface area contributed by atoms with Gasteiger partial charge in [-0.1, -0.05) is 6.07 Å². The van der Waals surface area contributed by atoms with Gasteiger partial charge < -0.3 is 4.90 Å². The van der Waals surface area contributed by atoms with Gasteiger partial charge in [0.15, 0.2) is 0 Å². The molecule has 0 unspecified atom stereocenters. The Morgan fingerprint density at radius 3 is 3.00 bits per heavy atom. The Bertz CT molecular complexity index is 570. The molecule has 1 amide bonds. The molecule has 0 saturated heterocycles. The Labute approximate surface area is 97.5 Å². The molecule has 0 radical (unpaired) electrons. The summed E-state index contributed by atoms with van der Waals surface area (Å²) in [6.45, 7) is 0. The van der Waals surface area contributed by atoms with Crippen LogP contribution in [0.2, 0.25) is 0 Å². The Balaban J connectivity index is 2.28. The minimum absolute atomic E-state index is 0.162. The van der Waals surface area contributed by atoms with Crippen molar-refractivity contribution in [2.24, 2.45) is 0 Å². The molecule has 0 bridgehead atoms. The molecule has 1 N–H and O–H groups in total. The highest BCUT2D eigenvalue weighted by Crippen LogP contribution is 2.15. The van der Waals surface area contributed by atoms with Gasteiger partial charge in [-0.2, -0.15) is 10.4 Å². The highest BCUT2D eigenvalue weighted by atomic mass is 16.2. The van der Waals surface area contributed by atoms with Gasteiger partial charge in [0.25, 0.3) is 5.91 Å². The molecule has 84 valence electrons. The number of aromatic amines is 1. The quantitative estimate of drug-likeness (QED) is 0.827. The summed E-state index contributed by atoms with van der Waals surface area (Å²) in [5, 5.41) is 14.9. The maximum absolute atomic E-state index is 11.9. The first kappa shape index (κ1) is 10.8. The van der Waals surface area contributed by atoms with Crippen LogP contribution < -0.4 is 4.90 Å². The van der Waals surface area contributed by atoms with E-state index in [1.165, 1.54) is 11.2 Å². The second kappa shape index (κ2) is 4.45. The van der Waals surface area contributed by atoms with Crippen molar-refractivity contribution in [3.05, 3.63) is 42.0 Å². The van der Waals surface area contributed by atoms with E-state index in [-0.39, 0.29) is 11.7 Å². The Hall–Kier alpha value is -2.68. The Kier molecular flexibility index (Phi) is 2.83. The number of amides is 1. The van der Waals surface area contributed by atoms with E-state index in [1.807, 2.05) is 6.07 Å². The number of anilines is 1. The van der Waals surface area contributed by atoms with Crippen molar-refractivity contribution in [1.82, 2.24) is 15.2 Å². The summed E-state index contributed by atoms with van der Waals surface area (Å²) >= 11 is 0. The number of nitrogens with zero attached hydrogens (tertiary/aromatic N) is 4. The van der Waals surface area contributed by atoms with Crippen LogP contribution in [0.4, 0.5) is 5.69 Å². The van der Waals surface area contributed by atoms with Crippen molar-refractivity contribution in [2.75, 3.05) is 11.9 Å². The van der Waals surface area contributed by atoms with Crippen LogP contribution in [0.15, 0.2) is 30.6 Å². The van der Waals surface area contributed by atoms with Gasteiger partial charge in [-0.3, -0.25) is 9.89 Å². The third-order valence-corrected chi connectivity index (χ3v) is 2.28. The van der Waals surface area contributed by atoms with Gasteiger partial charge in [0.1, 0.15) is 6.33 Å². The van der Waals surface area contributed by atoms with Crippen LogP contribution in [0.1, 0.15) is 16.2 Å². The van der Waals surface area contributed by atoms with Crippen molar-refractivity contribution < 1.29 is 4.79 Å². The Morgan fingerprint density at radius 2 is 2.35 bits per heavy atom. The summed E-state index contributed by atoms with van der Waals surface area (Å²) in [6.07, 6.45) is 1.27. The van der Waals surface area contributed by atoms with Crippen LogP contribution in [-0.2, 0) is 0 Å². The average Bonchev–Trinajstić information content (AvgIpc) is 2.91. The molecule has 6 nitrogen and oxygen atoms in total. The topological polar surface area (TPSA) is 85.7 Å². The minimum atomic E-state index is -0.308. The molecule has 1 heterocycles. The highest BCUT2D eigenvalue weighted by molar-refractivity contribution is 6.03. The summed E-state index contributed by atoms with van der Waals surface area (Å²) in [5.41, 5.74) is 1.13. The zero-order chi connectivity index (χ0) is 12.3. The van der Waals surface area contributed by atoms with Crippen LogP contribution in [-0.4, -0.2) is 28.1 Å². The fraction of sp³-hybridized carbons (Fsp3) is 0.0909. The average molecular weight is 227 g/mol. The first-order valence-electron chi connectivity index (χ1n) is 4.86. The second-order valence-corrected chi connectivity index (χ2v) is 3.36. The molecule has 0 aliphatic heterocycles. The number of aromatic nitrogens is 3. The van der Waals surface area contributed by atoms with E-state index in [0.717, 1.165) is 0 Å². The summed E-state index contributed by atoms with van der Waals surface area (Å²) in [6, 6.07) is 8.80. The molecular weight excluding hydrogens is 218 g/mol. The number of carbonyl (C=O) groups excluding carboxylic acids is 1. The molecule has 0 aliphatic carbocycles. The maximum atomic E-state index is 11.9. The zero-order valence-corrected chi connectivity index (χ0v) is 9.08. The molecule has 0 atom stereocenters. The van der Waals surface area contributed by atoms with Crippen molar-refractivity contribution in [2.45, 2.75) is 0 Å². The monoisotopic (exact) mass is 227 g/mol. The van der Waals surface area contributed by atoms with Crippen molar-refractivity contribution in [1.29, 1.82) is 5.26 Å². The lowest BCUT2D eigenvalue weighted by Gasteiger charge is -2.15. The van der Waals surface area contributed by atoms with E-state index in [0.29, 0.717) is 11.3 Å². The molecule has 0 fully saturated rings. The number of H-pyrrole nitrogens is 1. The predicted molar refractivity (Wildman–Crippen MR) is 60.3 cm³/mol. The van der Waals surface area contributed by atoms with Crippen molar-refractivity contribution in [3.8, 4) is 6.07 Å². The van der Waals surface area contributed by atoms with E-state index in [1.54, 1.807) is 31.3 Å².